The minimum atomic E-state index is 0.135. The number of hydrogen-bond donors (Lipinski definition) is 1. The van der Waals surface area contributed by atoms with Gasteiger partial charge in [-0.15, -0.1) is 0 Å². The van der Waals surface area contributed by atoms with E-state index in [9.17, 15) is 0 Å². The molecule has 0 aliphatic heterocycles. The maximum atomic E-state index is 5.84. The highest BCUT2D eigenvalue weighted by Crippen LogP contribution is 2.26. The number of aromatic nitrogens is 2. The maximum Gasteiger partial charge on any atom is 0.143 e. The Balaban J connectivity index is 2.45. The van der Waals surface area contributed by atoms with Crippen LogP contribution in [0.2, 0.25) is 0 Å². The summed E-state index contributed by atoms with van der Waals surface area (Å²) in [5, 5.41) is 1.08. The minimum absolute atomic E-state index is 0.135. The molecule has 0 radical (unpaired) electrons. The molecule has 2 rings (SSSR count). The molecule has 2 aromatic rings. The van der Waals surface area contributed by atoms with Gasteiger partial charge in [0.2, 0.25) is 0 Å². The number of fused-ring (bicyclic) bond motifs is 1. The first-order valence-electron chi connectivity index (χ1n) is 4.65. The molecule has 14 heavy (non-hydrogen) atoms. The summed E-state index contributed by atoms with van der Waals surface area (Å²) in [7, 11) is 0. The molecule has 2 N–H and O–H groups in total. The van der Waals surface area contributed by atoms with Crippen molar-refractivity contribution in [1.29, 1.82) is 0 Å². The van der Waals surface area contributed by atoms with Gasteiger partial charge in [-0.05, 0) is 19.1 Å². The Bertz CT molecular complexity index is 403. The van der Waals surface area contributed by atoms with Crippen molar-refractivity contribution in [2.75, 3.05) is 0 Å². The molecule has 0 fully saturated rings. The zero-order valence-electron chi connectivity index (χ0n) is 8.27. The van der Waals surface area contributed by atoms with Crippen molar-refractivity contribution < 1.29 is 0 Å². The molecule has 0 aromatic carbocycles. The van der Waals surface area contributed by atoms with Gasteiger partial charge in [-0.25, -0.2) is 9.97 Å². The Morgan fingerprint density at radius 3 is 2.86 bits per heavy atom. The summed E-state index contributed by atoms with van der Waals surface area (Å²) in [4.78, 5) is 9.76. The van der Waals surface area contributed by atoms with E-state index in [1.54, 1.807) is 17.5 Å². The van der Waals surface area contributed by atoms with Gasteiger partial charge in [0, 0.05) is 18.2 Å². The lowest BCUT2D eigenvalue weighted by molar-refractivity contribution is 0.611. The van der Waals surface area contributed by atoms with Gasteiger partial charge in [0.05, 0.1) is 5.01 Å². The van der Waals surface area contributed by atoms with E-state index in [4.69, 9.17) is 5.73 Å². The van der Waals surface area contributed by atoms with Gasteiger partial charge in [-0.2, -0.15) is 0 Å². The zero-order valence-corrected chi connectivity index (χ0v) is 9.08. The predicted molar refractivity (Wildman–Crippen MR) is 59.5 cm³/mol. The van der Waals surface area contributed by atoms with Crippen LogP contribution in [0.4, 0.5) is 0 Å². The van der Waals surface area contributed by atoms with Gasteiger partial charge in [0.15, 0.2) is 0 Å². The average molecular weight is 207 g/mol. The summed E-state index contributed by atoms with van der Waals surface area (Å²) in [6.45, 7) is 4.10. The Morgan fingerprint density at radius 1 is 1.43 bits per heavy atom. The molecule has 4 heteroatoms. The Labute approximate surface area is 87.0 Å². The topological polar surface area (TPSA) is 51.8 Å². The third-order valence-electron chi connectivity index (χ3n) is 2.36. The van der Waals surface area contributed by atoms with E-state index >= 15 is 0 Å². The summed E-state index contributed by atoms with van der Waals surface area (Å²) in [6.07, 6.45) is 1.79. The Morgan fingerprint density at radius 2 is 2.21 bits per heavy atom. The van der Waals surface area contributed by atoms with Crippen LogP contribution in [0.1, 0.15) is 24.8 Å². The molecule has 2 unspecified atom stereocenters. The number of rotatable bonds is 2. The monoisotopic (exact) mass is 207 g/mol. The summed E-state index contributed by atoms with van der Waals surface area (Å²) in [5.74, 6) is 0.300. The van der Waals surface area contributed by atoms with Crippen LogP contribution in [0, 0.1) is 0 Å². The van der Waals surface area contributed by atoms with Crippen molar-refractivity contribution in [3.05, 3.63) is 23.3 Å². The fourth-order valence-corrected chi connectivity index (χ4v) is 2.28. The van der Waals surface area contributed by atoms with Gasteiger partial charge >= 0.3 is 0 Å². The van der Waals surface area contributed by atoms with Crippen molar-refractivity contribution in [2.24, 2.45) is 5.73 Å². The second-order valence-electron chi connectivity index (χ2n) is 3.53. The molecular formula is C10H13N3S. The molecule has 74 valence electrons. The molecule has 2 atom stereocenters. The van der Waals surface area contributed by atoms with Crippen molar-refractivity contribution in [1.82, 2.24) is 9.97 Å². The summed E-state index contributed by atoms with van der Waals surface area (Å²) in [5.41, 5.74) is 6.81. The second-order valence-corrected chi connectivity index (χ2v) is 4.54. The van der Waals surface area contributed by atoms with Crippen molar-refractivity contribution in [3.8, 4) is 0 Å². The first-order chi connectivity index (χ1) is 6.68. The van der Waals surface area contributed by atoms with Crippen LogP contribution in [0.5, 0.6) is 0 Å². The molecule has 2 aromatic heterocycles. The molecule has 0 spiro atoms. The third kappa shape index (κ3) is 1.63. The summed E-state index contributed by atoms with van der Waals surface area (Å²) < 4.78 is 0. The fourth-order valence-electron chi connectivity index (χ4n) is 1.21. The van der Waals surface area contributed by atoms with E-state index in [-0.39, 0.29) is 6.04 Å². The highest BCUT2D eigenvalue weighted by atomic mass is 32.1. The maximum absolute atomic E-state index is 5.84. The molecule has 0 aliphatic carbocycles. The van der Waals surface area contributed by atoms with Crippen LogP contribution in [0.25, 0.3) is 10.3 Å². The third-order valence-corrected chi connectivity index (χ3v) is 3.54. The SMILES string of the molecule is CC(N)C(C)c1nc2cccnc2s1. The highest BCUT2D eigenvalue weighted by molar-refractivity contribution is 7.18. The first kappa shape index (κ1) is 9.55. The first-order valence-corrected chi connectivity index (χ1v) is 5.47. The normalized spacial score (nSPS) is 15.6. The number of pyridine rings is 1. The van der Waals surface area contributed by atoms with Crippen LogP contribution in [0.3, 0.4) is 0 Å². The number of nitrogens with zero attached hydrogens (tertiary/aromatic N) is 2. The minimum Gasteiger partial charge on any atom is -0.327 e. The van der Waals surface area contributed by atoms with Gasteiger partial charge in [-0.1, -0.05) is 18.3 Å². The summed E-state index contributed by atoms with van der Waals surface area (Å²) >= 11 is 1.63. The van der Waals surface area contributed by atoms with Crippen LogP contribution in [-0.2, 0) is 0 Å². The van der Waals surface area contributed by atoms with E-state index in [2.05, 4.69) is 16.9 Å². The van der Waals surface area contributed by atoms with Gasteiger partial charge in [0.25, 0.3) is 0 Å². The molecule has 0 aliphatic rings. The van der Waals surface area contributed by atoms with Crippen LogP contribution >= 0.6 is 11.3 Å². The Hall–Kier alpha value is -1.00. The van der Waals surface area contributed by atoms with Crippen molar-refractivity contribution >= 4 is 21.7 Å². The van der Waals surface area contributed by atoms with Crippen molar-refractivity contribution in [3.63, 3.8) is 0 Å². The molecule has 0 bridgehead atoms. The fraction of sp³-hybridized carbons (Fsp3) is 0.400. The van der Waals surface area contributed by atoms with Gasteiger partial charge < -0.3 is 5.73 Å². The van der Waals surface area contributed by atoms with Crippen LogP contribution in [-0.4, -0.2) is 16.0 Å². The molecular weight excluding hydrogens is 194 g/mol. The molecule has 2 heterocycles. The zero-order chi connectivity index (χ0) is 10.1. The van der Waals surface area contributed by atoms with Crippen LogP contribution in [0.15, 0.2) is 18.3 Å². The number of thiazole rings is 1. The lowest BCUT2D eigenvalue weighted by Crippen LogP contribution is -2.22. The van der Waals surface area contributed by atoms with E-state index < -0.39 is 0 Å². The van der Waals surface area contributed by atoms with E-state index in [0.717, 1.165) is 15.4 Å². The Kier molecular flexibility index (Phi) is 2.48. The smallest absolute Gasteiger partial charge is 0.143 e. The quantitative estimate of drug-likeness (QED) is 0.820. The van der Waals surface area contributed by atoms with Gasteiger partial charge in [-0.3, -0.25) is 0 Å². The largest absolute Gasteiger partial charge is 0.327 e. The van der Waals surface area contributed by atoms with Crippen LogP contribution < -0.4 is 5.73 Å². The standard InChI is InChI=1S/C10H13N3S/c1-6(7(2)11)9-13-8-4-3-5-12-10(8)14-9/h3-7H,11H2,1-2H3. The highest BCUT2D eigenvalue weighted by Gasteiger charge is 2.15. The molecule has 0 saturated heterocycles. The van der Waals surface area contributed by atoms with Crippen molar-refractivity contribution in [2.45, 2.75) is 25.8 Å². The lowest BCUT2D eigenvalue weighted by atomic mass is 10.1. The summed E-state index contributed by atoms with van der Waals surface area (Å²) in [6, 6.07) is 4.02. The van der Waals surface area contributed by atoms with E-state index in [1.807, 2.05) is 19.1 Å². The van der Waals surface area contributed by atoms with E-state index in [1.165, 1.54) is 0 Å². The number of nitrogens with two attached hydrogens (primary N) is 1. The molecule has 0 saturated carbocycles. The lowest BCUT2D eigenvalue weighted by Gasteiger charge is -2.11. The second kappa shape index (κ2) is 3.63. The molecule has 3 nitrogen and oxygen atoms in total. The van der Waals surface area contributed by atoms with Gasteiger partial charge in [0.1, 0.15) is 10.3 Å². The predicted octanol–water partition coefficient (Wildman–Crippen LogP) is 2.14. The average Bonchev–Trinajstić information content (AvgIpc) is 2.59. The number of hydrogen-bond acceptors (Lipinski definition) is 4. The molecule has 0 amide bonds. The van der Waals surface area contributed by atoms with E-state index in [0.29, 0.717) is 5.92 Å².